The van der Waals surface area contributed by atoms with Gasteiger partial charge in [0.15, 0.2) is 0 Å². The van der Waals surface area contributed by atoms with Crippen LogP contribution in [0.1, 0.15) is 39.5 Å². The monoisotopic (exact) mass is 388 g/mol. The summed E-state index contributed by atoms with van der Waals surface area (Å²) in [5.41, 5.74) is 0. The molecule has 8 heteroatoms. The Morgan fingerprint density at radius 3 is 1.21 bits per heavy atom. The topological polar surface area (TPSA) is 109 Å². The summed E-state index contributed by atoms with van der Waals surface area (Å²) in [6.45, 7) is 3.60. The highest BCUT2D eigenvalue weighted by Crippen LogP contribution is 2.25. The number of carbonyl (C=O) groups excluding carboxylic acids is 6. The lowest BCUT2D eigenvalue weighted by Crippen LogP contribution is -2.37. The van der Waals surface area contributed by atoms with Gasteiger partial charge >= 0.3 is 0 Å². The first-order chi connectivity index (χ1) is 13.3. The van der Waals surface area contributed by atoms with E-state index in [9.17, 15) is 28.8 Å². The molecule has 8 nitrogen and oxygen atoms in total. The number of ketones is 2. The van der Waals surface area contributed by atoms with E-state index in [1.807, 2.05) is 13.8 Å². The molecule has 1 unspecified atom stereocenters. The summed E-state index contributed by atoms with van der Waals surface area (Å²) in [7, 11) is 0. The van der Waals surface area contributed by atoms with Gasteiger partial charge in [-0.05, 0) is 12.8 Å². The fraction of sp³-hybridized carbons (Fsp3) is 0.500. The summed E-state index contributed by atoms with van der Waals surface area (Å²) in [5, 5.41) is 0. The van der Waals surface area contributed by atoms with Gasteiger partial charge < -0.3 is 0 Å². The number of rotatable bonds is 11. The first kappa shape index (κ1) is 21.4. The van der Waals surface area contributed by atoms with Crippen molar-refractivity contribution < 1.29 is 28.8 Å². The van der Waals surface area contributed by atoms with Crippen LogP contribution in [0.5, 0.6) is 0 Å². The highest BCUT2D eigenvalue weighted by molar-refractivity contribution is 6.13. The van der Waals surface area contributed by atoms with Gasteiger partial charge in [0.25, 0.3) is 23.6 Å². The molecule has 2 aliphatic rings. The zero-order valence-electron chi connectivity index (χ0n) is 16.1. The van der Waals surface area contributed by atoms with Crippen LogP contribution in [0.2, 0.25) is 0 Å². The third-order valence-corrected chi connectivity index (χ3v) is 5.16. The lowest BCUT2D eigenvalue weighted by Gasteiger charge is -2.24. The van der Waals surface area contributed by atoms with Crippen LogP contribution >= 0.6 is 0 Å². The molecule has 150 valence electrons. The van der Waals surface area contributed by atoms with Crippen molar-refractivity contribution in [3.8, 4) is 0 Å². The lowest BCUT2D eigenvalue weighted by molar-refractivity contribution is -0.140. The molecule has 0 aromatic carbocycles. The molecule has 2 atom stereocenters. The Morgan fingerprint density at radius 2 is 0.964 bits per heavy atom. The average Bonchev–Trinajstić information content (AvgIpc) is 3.16. The quantitative estimate of drug-likeness (QED) is 0.485. The van der Waals surface area contributed by atoms with E-state index >= 15 is 0 Å². The number of nitrogens with zero attached hydrogens (tertiary/aromatic N) is 2. The first-order valence-corrected chi connectivity index (χ1v) is 9.42. The van der Waals surface area contributed by atoms with Crippen molar-refractivity contribution in [1.82, 2.24) is 9.80 Å². The van der Waals surface area contributed by atoms with Crippen molar-refractivity contribution in [3.05, 3.63) is 24.3 Å². The van der Waals surface area contributed by atoms with Crippen molar-refractivity contribution in [2.75, 3.05) is 13.1 Å². The lowest BCUT2D eigenvalue weighted by atomic mass is 9.80. The van der Waals surface area contributed by atoms with Gasteiger partial charge in [-0.15, -0.1) is 0 Å². The van der Waals surface area contributed by atoms with Crippen LogP contribution in [-0.4, -0.2) is 58.1 Å². The van der Waals surface area contributed by atoms with Gasteiger partial charge in [0.1, 0.15) is 11.6 Å². The first-order valence-electron chi connectivity index (χ1n) is 9.42. The molecule has 2 rings (SSSR count). The van der Waals surface area contributed by atoms with Gasteiger partial charge in [-0.25, -0.2) is 0 Å². The number of hydrogen-bond acceptors (Lipinski definition) is 6. The molecule has 0 aromatic heterocycles. The largest absolute Gasteiger partial charge is 0.299 e. The summed E-state index contributed by atoms with van der Waals surface area (Å²) >= 11 is 0. The van der Waals surface area contributed by atoms with Crippen LogP contribution in [0.25, 0.3) is 0 Å². The summed E-state index contributed by atoms with van der Waals surface area (Å²) in [5.74, 6) is -3.17. The van der Waals surface area contributed by atoms with E-state index in [4.69, 9.17) is 0 Å². The minimum absolute atomic E-state index is 0.00549. The molecule has 0 spiro atoms. The van der Waals surface area contributed by atoms with Crippen LogP contribution in [0.15, 0.2) is 24.3 Å². The predicted molar refractivity (Wildman–Crippen MR) is 98.5 cm³/mol. The van der Waals surface area contributed by atoms with E-state index < -0.39 is 35.5 Å². The fourth-order valence-electron chi connectivity index (χ4n) is 3.59. The van der Waals surface area contributed by atoms with Gasteiger partial charge in [0, 0.05) is 62.1 Å². The normalized spacial score (nSPS) is 18.4. The van der Waals surface area contributed by atoms with E-state index in [1.54, 1.807) is 0 Å². The van der Waals surface area contributed by atoms with E-state index in [1.165, 1.54) is 0 Å². The molecule has 2 heterocycles. The number of carbonyl (C=O) groups is 6. The molecule has 0 saturated heterocycles. The molecule has 0 radical (unpaired) electrons. The van der Waals surface area contributed by atoms with Crippen LogP contribution in [0.4, 0.5) is 0 Å². The van der Waals surface area contributed by atoms with E-state index in [-0.39, 0.29) is 37.5 Å². The maximum absolute atomic E-state index is 12.7. The minimum Gasteiger partial charge on any atom is -0.299 e. The Labute approximate surface area is 163 Å². The molecule has 0 fully saturated rings. The molecular weight excluding hydrogens is 364 g/mol. The molecule has 0 aliphatic carbocycles. The fourth-order valence-corrected chi connectivity index (χ4v) is 3.59. The minimum atomic E-state index is -0.527. The number of hydrogen-bond donors (Lipinski definition) is 0. The maximum Gasteiger partial charge on any atom is 0.253 e. The van der Waals surface area contributed by atoms with Gasteiger partial charge in [0.05, 0.1) is 0 Å². The molecular formula is C20H24N2O6. The van der Waals surface area contributed by atoms with Crippen molar-refractivity contribution in [1.29, 1.82) is 0 Å². The summed E-state index contributed by atoms with van der Waals surface area (Å²) in [4.78, 5) is 73.7. The van der Waals surface area contributed by atoms with Crippen LogP contribution in [0.3, 0.4) is 0 Å². The molecule has 0 saturated carbocycles. The molecule has 4 amide bonds. The maximum atomic E-state index is 12.7. The summed E-state index contributed by atoms with van der Waals surface area (Å²) in [6, 6.07) is 0. The smallest absolute Gasteiger partial charge is 0.253 e. The third kappa shape index (κ3) is 4.68. The number of Topliss-reactive ketones (excluding diaryl/α,β-unsaturated/α-hetero) is 2. The highest BCUT2D eigenvalue weighted by Gasteiger charge is 2.33. The molecule has 0 bridgehead atoms. The Hall–Kier alpha value is -2.90. The van der Waals surface area contributed by atoms with Crippen molar-refractivity contribution in [2.45, 2.75) is 39.5 Å². The molecule has 28 heavy (non-hydrogen) atoms. The zero-order chi connectivity index (χ0) is 20.8. The number of imide groups is 2. The Kier molecular flexibility index (Phi) is 7.14. The Balaban J connectivity index is 1.93. The second-order valence-corrected chi connectivity index (χ2v) is 6.79. The van der Waals surface area contributed by atoms with Crippen molar-refractivity contribution in [3.63, 3.8) is 0 Å². The van der Waals surface area contributed by atoms with Crippen molar-refractivity contribution in [2.24, 2.45) is 11.8 Å². The number of amides is 4. The van der Waals surface area contributed by atoms with Gasteiger partial charge in [-0.2, -0.15) is 0 Å². The van der Waals surface area contributed by atoms with Crippen molar-refractivity contribution >= 4 is 35.2 Å². The SMILES string of the molecule is CCC(C(=O)CCN1C(=O)C=CC1=O)[C@H](CC)C(=O)CCN1C(=O)C=CC1=O. The van der Waals surface area contributed by atoms with Gasteiger partial charge in [-0.3, -0.25) is 38.6 Å². The Bertz CT molecular complexity index is 667. The second kappa shape index (κ2) is 9.34. The van der Waals surface area contributed by atoms with Crippen LogP contribution < -0.4 is 0 Å². The highest BCUT2D eigenvalue weighted by atomic mass is 16.2. The predicted octanol–water partition coefficient (Wildman–Crippen LogP) is 0.807. The molecule has 2 aliphatic heterocycles. The Morgan fingerprint density at radius 1 is 0.679 bits per heavy atom. The van der Waals surface area contributed by atoms with E-state index in [2.05, 4.69) is 0 Å². The standard InChI is InChI=1S/C20H24N2O6/c1-3-13(15(23)9-11-21-17(25)5-6-18(21)26)14(4-2)16(24)10-12-22-19(27)7-8-20(22)28/h5-8,13-14H,3-4,9-12H2,1-2H3/t13-,14?/m0/s1. The van der Waals surface area contributed by atoms with E-state index in [0.29, 0.717) is 12.8 Å². The van der Waals surface area contributed by atoms with Crippen LogP contribution in [0, 0.1) is 11.8 Å². The van der Waals surface area contributed by atoms with Crippen LogP contribution in [-0.2, 0) is 28.8 Å². The second-order valence-electron chi connectivity index (χ2n) is 6.79. The van der Waals surface area contributed by atoms with Gasteiger partial charge in [0.2, 0.25) is 0 Å². The van der Waals surface area contributed by atoms with Gasteiger partial charge in [-0.1, -0.05) is 13.8 Å². The summed E-state index contributed by atoms with van der Waals surface area (Å²) < 4.78 is 0. The summed E-state index contributed by atoms with van der Waals surface area (Å²) in [6.07, 6.45) is 5.55. The third-order valence-electron chi connectivity index (χ3n) is 5.16. The zero-order valence-corrected chi connectivity index (χ0v) is 16.1. The molecule has 0 N–H and O–H groups in total. The molecule has 0 aromatic rings. The van der Waals surface area contributed by atoms with E-state index in [0.717, 1.165) is 34.1 Å². The average molecular weight is 388 g/mol.